The maximum atomic E-state index is 3.57. The van der Waals surface area contributed by atoms with Gasteiger partial charge in [-0.2, -0.15) is 0 Å². The molecular weight excluding hydrogens is 208 g/mol. The molecule has 92 valence electrons. The molecule has 1 unspecified atom stereocenters. The van der Waals surface area contributed by atoms with Gasteiger partial charge in [0.1, 0.15) is 0 Å². The highest BCUT2D eigenvalue weighted by atomic mass is 14.8. The van der Waals surface area contributed by atoms with Crippen LogP contribution in [-0.4, -0.2) is 9.97 Å². The molecular formula is C15H22N2. The summed E-state index contributed by atoms with van der Waals surface area (Å²) in [5, 5.41) is 0. The van der Waals surface area contributed by atoms with Crippen LogP contribution in [0.5, 0.6) is 0 Å². The molecule has 0 fully saturated rings. The fourth-order valence-electron chi connectivity index (χ4n) is 2.15. The van der Waals surface area contributed by atoms with E-state index in [-0.39, 0.29) is 5.41 Å². The summed E-state index contributed by atoms with van der Waals surface area (Å²) in [6.45, 7) is 8.97. The van der Waals surface area contributed by atoms with E-state index in [2.05, 4.69) is 61.9 Å². The first-order valence-electron chi connectivity index (χ1n) is 6.39. The highest BCUT2D eigenvalue weighted by molar-refractivity contribution is 5.31. The van der Waals surface area contributed by atoms with Crippen LogP contribution in [0.1, 0.15) is 57.1 Å². The normalized spacial score (nSPS) is 13.9. The van der Waals surface area contributed by atoms with Gasteiger partial charge in [0.2, 0.25) is 0 Å². The maximum absolute atomic E-state index is 3.57. The number of nitrogens with one attached hydrogen (secondary N) is 2. The van der Waals surface area contributed by atoms with Crippen molar-refractivity contribution in [2.75, 3.05) is 0 Å². The minimum Gasteiger partial charge on any atom is -0.364 e. The molecule has 2 nitrogen and oxygen atoms in total. The molecule has 17 heavy (non-hydrogen) atoms. The van der Waals surface area contributed by atoms with Crippen molar-refractivity contribution >= 4 is 0 Å². The van der Waals surface area contributed by atoms with Crippen LogP contribution in [0.2, 0.25) is 0 Å². The standard InChI is InChI=1S/C15H22N2/c1-5-11(2)12-8-9-14(17-12)15(3,4)13-7-6-10-16-13/h6-11,16-17H,5H2,1-4H3. The van der Waals surface area contributed by atoms with Gasteiger partial charge in [-0.15, -0.1) is 0 Å². The smallest absolute Gasteiger partial charge is 0.0447 e. The third-order valence-corrected chi connectivity index (χ3v) is 3.80. The first-order chi connectivity index (χ1) is 8.05. The summed E-state index contributed by atoms with van der Waals surface area (Å²) in [5.74, 6) is 0.600. The Balaban J connectivity index is 2.31. The molecule has 2 aromatic rings. The SMILES string of the molecule is CCC(C)c1ccc(C(C)(C)c2ccc[nH]2)[nH]1. The molecule has 0 aromatic carbocycles. The first kappa shape index (κ1) is 12.0. The molecule has 2 rings (SSSR count). The fourth-order valence-corrected chi connectivity index (χ4v) is 2.15. The van der Waals surface area contributed by atoms with E-state index in [0.29, 0.717) is 5.92 Å². The number of aromatic amines is 2. The molecule has 2 N–H and O–H groups in total. The predicted octanol–water partition coefficient (Wildman–Crippen LogP) is 4.18. The molecule has 0 aliphatic rings. The van der Waals surface area contributed by atoms with E-state index in [4.69, 9.17) is 0 Å². The lowest BCUT2D eigenvalue weighted by molar-refractivity contribution is 0.596. The van der Waals surface area contributed by atoms with Gasteiger partial charge in [0, 0.05) is 28.7 Å². The molecule has 0 bridgehead atoms. The van der Waals surface area contributed by atoms with E-state index in [1.54, 1.807) is 0 Å². The zero-order chi connectivity index (χ0) is 12.5. The molecule has 0 aliphatic heterocycles. The molecule has 0 spiro atoms. The summed E-state index contributed by atoms with van der Waals surface area (Å²) >= 11 is 0. The minimum atomic E-state index is 0.00914. The average molecular weight is 230 g/mol. The van der Waals surface area contributed by atoms with Gasteiger partial charge in [0.25, 0.3) is 0 Å². The molecule has 0 aliphatic carbocycles. The highest BCUT2D eigenvalue weighted by Gasteiger charge is 2.25. The van der Waals surface area contributed by atoms with E-state index in [0.717, 1.165) is 0 Å². The first-order valence-corrected chi connectivity index (χ1v) is 6.39. The number of hydrogen-bond acceptors (Lipinski definition) is 0. The Hall–Kier alpha value is -1.44. The summed E-state index contributed by atoms with van der Waals surface area (Å²) in [5.41, 5.74) is 3.86. The Morgan fingerprint density at radius 1 is 1.18 bits per heavy atom. The number of H-pyrrole nitrogens is 2. The van der Waals surface area contributed by atoms with Crippen LogP contribution in [0, 0.1) is 0 Å². The summed E-state index contributed by atoms with van der Waals surface area (Å²) in [6.07, 6.45) is 3.15. The fraction of sp³-hybridized carbons (Fsp3) is 0.467. The van der Waals surface area contributed by atoms with Crippen molar-refractivity contribution in [3.63, 3.8) is 0 Å². The van der Waals surface area contributed by atoms with Gasteiger partial charge in [0.05, 0.1) is 0 Å². The van der Waals surface area contributed by atoms with E-state index in [9.17, 15) is 0 Å². The van der Waals surface area contributed by atoms with Gasteiger partial charge < -0.3 is 9.97 Å². The third-order valence-electron chi connectivity index (χ3n) is 3.80. The monoisotopic (exact) mass is 230 g/mol. The number of hydrogen-bond donors (Lipinski definition) is 2. The van der Waals surface area contributed by atoms with Gasteiger partial charge in [-0.3, -0.25) is 0 Å². The topological polar surface area (TPSA) is 31.6 Å². The van der Waals surface area contributed by atoms with Crippen molar-refractivity contribution in [3.05, 3.63) is 47.5 Å². The van der Waals surface area contributed by atoms with Crippen molar-refractivity contribution in [3.8, 4) is 0 Å². The lowest BCUT2D eigenvalue weighted by Gasteiger charge is -2.22. The van der Waals surface area contributed by atoms with Crippen molar-refractivity contribution < 1.29 is 0 Å². The summed E-state index contributed by atoms with van der Waals surface area (Å²) < 4.78 is 0. The Morgan fingerprint density at radius 3 is 2.53 bits per heavy atom. The largest absolute Gasteiger partial charge is 0.364 e. The van der Waals surface area contributed by atoms with Crippen LogP contribution in [0.4, 0.5) is 0 Å². The summed E-state index contributed by atoms with van der Waals surface area (Å²) in [7, 11) is 0. The van der Waals surface area contributed by atoms with Gasteiger partial charge in [-0.1, -0.05) is 13.8 Å². The molecule has 0 amide bonds. The lowest BCUT2D eigenvalue weighted by atomic mass is 9.86. The Labute approximate surface area is 103 Å². The Morgan fingerprint density at radius 2 is 1.94 bits per heavy atom. The number of rotatable bonds is 4. The molecule has 2 heteroatoms. The van der Waals surface area contributed by atoms with E-state index >= 15 is 0 Å². The molecule has 0 saturated carbocycles. The molecule has 0 radical (unpaired) electrons. The van der Waals surface area contributed by atoms with Crippen LogP contribution >= 0.6 is 0 Å². The van der Waals surface area contributed by atoms with Crippen LogP contribution < -0.4 is 0 Å². The van der Waals surface area contributed by atoms with Crippen LogP contribution in [0.15, 0.2) is 30.5 Å². The predicted molar refractivity (Wildman–Crippen MR) is 72.4 cm³/mol. The zero-order valence-corrected chi connectivity index (χ0v) is 11.2. The van der Waals surface area contributed by atoms with E-state index < -0.39 is 0 Å². The highest BCUT2D eigenvalue weighted by Crippen LogP contribution is 2.31. The summed E-state index contributed by atoms with van der Waals surface area (Å²) in [6, 6.07) is 8.62. The maximum Gasteiger partial charge on any atom is 0.0447 e. The van der Waals surface area contributed by atoms with Crippen molar-refractivity contribution in [1.82, 2.24) is 9.97 Å². The van der Waals surface area contributed by atoms with Crippen molar-refractivity contribution in [2.24, 2.45) is 0 Å². The van der Waals surface area contributed by atoms with Crippen molar-refractivity contribution in [1.29, 1.82) is 0 Å². The van der Waals surface area contributed by atoms with Gasteiger partial charge >= 0.3 is 0 Å². The second kappa shape index (κ2) is 4.44. The Kier molecular flexibility index (Phi) is 3.14. The summed E-state index contributed by atoms with van der Waals surface area (Å²) in [4.78, 5) is 6.88. The Bertz CT molecular complexity index is 463. The number of aromatic nitrogens is 2. The van der Waals surface area contributed by atoms with E-state index in [1.165, 1.54) is 23.5 Å². The average Bonchev–Trinajstić information content (AvgIpc) is 2.98. The van der Waals surface area contributed by atoms with Crippen LogP contribution in [-0.2, 0) is 5.41 Å². The quantitative estimate of drug-likeness (QED) is 0.789. The second-order valence-corrected chi connectivity index (χ2v) is 5.35. The molecule has 0 saturated heterocycles. The third kappa shape index (κ3) is 2.17. The van der Waals surface area contributed by atoms with Crippen molar-refractivity contribution in [2.45, 2.75) is 45.4 Å². The molecule has 1 atom stereocenters. The van der Waals surface area contributed by atoms with Crippen LogP contribution in [0.3, 0.4) is 0 Å². The minimum absolute atomic E-state index is 0.00914. The van der Waals surface area contributed by atoms with Gasteiger partial charge in [0.15, 0.2) is 0 Å². The molecule has 2 aromatic heterocycles. The zero-order valence-electron chi connectivity index (χ0n) is 11.2. The lowest BCUT2D eigenvalue weighted by Crippen LogP contribution is -2.20. The van der Waals surface area contributed by atoms with E-state index in [1.807, 2.05) is 6.20 Å². The van der Waals surface area contributed by atoms with Gasteiger partial charge in [-0.25, -0.2) is 0 Å². The molecule has 2 heterocycles. The van der Waals surface area contributed by atoms with Gasteiger partial charge in [-0.05, 0) is 50.5 Å². The second-order valence-electron chi connectivity index (χ2n) is 5.35. The van der Waals surface area contributed by atoms with Crippen LogP contribution in [0.25, 0.3) is 0 Å².